The number of hydrogen-bond acceptors (Lipinski definition) is 4. The number of hydrogen-bond donors (Lipinski definition) is 4. The molecule has 7 nitrogen and oxygen atoms in total. The van der Waals surface area contributed by atoms with E-state index in [9.17, 15) is 13.6 Å². The van der Waals surface area contributed by atoms with Crippen LogP contribution in [0.5, 0.6) is 5.75 Å². The van der Waals surface area contributed by atoms with Gasteiger partial charge in [0, 0.05) is 0 Å². The summed E-state index contributed by atoms with van der Waals surface area (Å²) in [6.45, 7) is 1.24. The Kier molecular flexibility index (Phi) is 4.98. The van der Waals surface area contributed by atoms with Gasteiger partial charge in [-0.15, -0.1) is 0 Å². The Hall–Kier alpha value is -1.27. The van der Waals surface area contributed by atoms with E-state index in [4.69, 9.17) is 12.9 Å². The summed E-state index contributed by atoms with van der Waals surface area (Å²) < 4.78 is 33.8. The summed E-state index contributed by atoms with van der Waals surface area (Å²) in [5.41, 5.74) is 0. The Morgan fingerprint density at radius 3 is 2.39 bits per heavy atom. The molecule has 1 atom stereocenters. The van der Waals surface area contributed by atoms with Gasteiger partial charge in [0.15, 0.2) is 0 Å². The third kappa shape index (κ3) is 4.93. The van der Waals surface area contributed by atoms with Crippen molar-refractivity contribution >= 4 is 24.4 Å². The zero-order chi connectivity index (χ0) is 13.8. The number of amides is 1. The second-order valence-corrected chi connectivity index (χ2v) is 6.91. The quantitative estimate of drug-likeness (QED) is 0.371. The van der Waals surface area contributed by atoms with Gasteiger partial charge in [-0.25, -0.2) is 0 Å². The molecule has 1 rings (SSSR count). The van der Waals surface area contributed by atoms with E-state index in [0.717, 1.165) is 0 Å². The Balaban J connectivity index is 2.58. The van der Waals surface area contributed by atoms with Crippen molar-refractivity contribution < 1.29 is 26.6 Å². The van der Waals surface area contributed by atoms with Crippen molar-refractivity contribution in [3.05, 3.63) is 24.3 Å². The van der Waals surface area contributed by atoms with Crippen LogP contribution in [-0.2, 0) is 8.53 Å². The molecule has 0 aromatic heterocycles. The van der Waals surface area contributed by atoms with Gasteiger partial charge in [0.05, 0.1) is 0 Å². The van der Waals surface area contributed by atoms with Crippen molar-refractivity contribution in [3.8, 4) is 5.75 Å². The van der Waals surface area contributed by atoms with Crippen LogP contribution in [0.15, 0.2) is 24.3 Å². The Morgan fingerprint density at radius 1 is 1.39 bits per heavy atom. The number of ether oxygens (including phenoxy) is 1. The molecule has 0 aliphatic rings. The van der Waals surface area contributed by atoms with Gasteiger partial charge in [-0.2, -0.15) is 0 Å². The zero-order valence-electron chi connectivity index (χ0n) is 9.61. The summed E-state index contributed by atoms with van der Waals surface area (Å²) in [5.74, 6) is -0.0438. The standard InChI is InChI=1S/C10H14AsNO6/c1-7(13)12-6-10(14)18-9-4-2-8(3-5-9)11(15,16)17/h2-5,10,14H,6H2,1H3,(H,12,13)(H2,15,16,17). The number of rotatable bonds is 5. The van der Waals surface area contributed by atoms with Crippen LogP contribution in [0, 0.1) is 0 Å². The van der Waals surface area contributed by atoms with Gasteiger partial charge in [0.2, 0.25) is 0 Å². The summed E-state index contributed by atoms with van der Waals surface area (Å²) in [6.07, 6.45) is -1.22. The Labute approximate surface area is 106 Å². The van der Waals surface area contributed by atoms with E-state index in [1.165, 1.54) is 31.2 Å². The third-order valence-electron chi connectivity index (χ3n) is 1.97. The van der Waals surface area contributed by atoms with Crippen LogP contribution in [0.4, 0.5) is 0 Å². The van der Waals surface area contributed by atoms with Crippen molar-refractivity contribution in [2.45, 2.75) is 13.2 Å². The fraction of sp³-hybridized carbons (Fsp3) is 0.300. The van der Waals surface area contributed by atoms with Crippen LogP contribution >= 0.6 is 0 Å². The maximum absolute atomic E-state index is 11.0. The van der Waals surface area contributed by atoms with Gasteiger partial charge in [-0.3, -0.25) is 0 Å². The van der Waals surface area contributed by atoms with E-state index in [2.05, 4.69) is 5.32 Å². The maximum atomic E-state index is 11.0. The van der Waals surface area contributed by atoms with Gasteiger partial charge in [0.25, 0.3) is 0 Å². The van der Waals surface area contributed by atoms with E-state index in [0.29, 0.717) is 0 Å². The molecular weight excluding hydrogens is 305 g/mol. The first-order chi connectivity index (χ1) is 8.29. The molecule has 0 heterocycles. The molecule has 1 aromatic rings. The first kappa shape index (κ1) is 14.8. The van der Waals surface area contributed by atoms with Gasteiger partial charge in [-0.1, -0.05) is 0 Å². The molecule has 0 aliphatic heterocycles. The van der Waals surface area contributed by atoms with Crippen LogP contribution in [0.25, 0.3) is 0 Å². The van der Waals surface area contributed by atoms with Gasteiger partial charge >= 0.3 is 106 Å². The molecule has 0 bridgehead atoms. The molecule has 0 radical (unpaired) electrons. The number of aliphatic hydroxyl groups excluding tert-OH is 1. The second kappa shape index (κ2) is 6.06. The van der Waals surface area contributed by atoms with Crippen LogP contribution in [0.2, 0.25) is 0 Å². The van der Waals surface area contributed by atoms with E-state index in [1.807, 2.05) is 0 Å². The molecule has 100 valence electrons. The van der Waals surface area contributed by atoms with Crippen molar-refractivity contribution in [1.29, 1.82) is 0 Å². The number of carbonyl (C=O) groups excluding carboxylic acids is 1. The minimum atomic E-state index is -4.88. The van der Waals surface area contributed by atoms with E-state index >= 15 is 0 Å². The predicted molar refractivity (Wildman–Crippen MR) is 62.3 cm³/mol. The summed E-state index contributed by atoms with van der Waals surface area (Å²) in [7, 11) is 0. The average molecular weight is 319 g/mol. The van der Waals surface area contributed by atoms with Crippen molar-refractivity contribution in [1.82, 2.24) is 5.32 Å². The zero-order valence-corrected chi connectivity index (χ0v) is 11.5. The molecule has 4 N–H and O–H groups in total. The average Bonchev–Trinajstić information content (AvgIpc) is 2.26. The molecule has 1 amide bonds. The first-order valence-electron chi connectivity index (χ1n) is 5.04. The van der Waals surface area contributed by atoms with Crippen molar-refractivity contribution in [2.24, 2.45) is 0 Å². The molecule has 0 saturated heterocycles. The van der Waals surface area contributed by atoms with Crippen LogP contribution in [0.1, 0.15) is 6.92 Å². The third-order valence-corrected chi connectivity index (χ3v) is 4.01. The fourth-order valence-corrected chi connectivity index (χ4v) is 2.28. The van der Waals surface area contributed by atoms with Crippen molar-refractivity contribution in [3.63, 3.8) is 0 Å². The molecule has 1 unspecified atom stereocenters. The molecular formula is C10H14AsNO6. The van der Waals surface area contributed by atoms with Gasteiger partial charge in [0.1, 0.15) is 0 Å². The summed E-state index contributed by atoms with van der Waals surface area (Å²) >= 11 is -4.88. The SMILES string of the molecule is CC(=O)NCC(O)Oc1ccc([As](=O)(O)O)cc1. The normalized spacial score (nSPS) is 12.9. The monoisotopic (exact) mass is 319 g/mol. The van der Waals surface area contributed by atoms with Crippen LogP contribution in [-0.4, -0.2) is 46.2 Å². The van der Waals surface area contributed by atoms with E-state index in [1.54, 1.807) is 0 Å². The van der Waals surface area contributed by atoms with Crippen LogP contribution < -0.4 is 14.4 Å². The number of carbonyl (C=O) groups is 1. The fourth-order valence-electron chi connectivity index (χ4n) is 1.15. The molecule has 0 spiro atoms. The summed E-state index contributed by atoms with van der Waals surface area (Å²) in [6, 6.07) is 5.15. The number of aliphatic hydroxyl groups is 1. The van der Waals surface area contributed by atoms with Gasteiger partial charge in [-0.05, 0) is 0 Å². The Bertz CT molecular complexity index is 454. The molecule has 1 aromatic carbocycles. The molecule has 0 aliphatic carbocycles. The first-order valence-corrected chi connectivity index (χ1v) is 8.42. The van der Waals surface area contributed by atoms with Crippen molar-refractivity contribution in [2.75, 3.05) is 6.54 Å². The van der Waals surface area contributed by atoms with E-state index in [-0.39, 0.29) is 22.6 Å². The topological polar surface area (TPSA) is 116 Å². The summed E-state index contributed by atoms with van der Waals surface area (Å²) in [5, 5.41) is 11.8. The molecule has 8 heteroatoms. The number of nitrogens with one attached hydrogen (secondary N) is 1. The predicted octanol–water partition coefficient (Wildman–Crippen LogP) is -1.92. The van der Waals surface area contributed by atoms with Crippen LogP contribution in [0.3, 0.4) is 0 Å². The summed E-state index contributed by atoms with van der Waals surface area (Å²) in [4.78, 5) is 10.6. The molecule has 18 heavy (non-hydrogen) atoms. The van der Waals surface area contributed by atoms with E-state index < -0.39 is 20.5 Å². The minimum absolute atomic E-state index is 0.0700. The second-order valence-electron chi connectivity index (χ2n) is 3.55. The molecule has 0 saturated carbocycles. The Morgan fingerprint density at radius 2 is 1.94 bits per heavy atom. The number of benzene rings is 1. The van der Waals surface area contributed by atoms with Gasteiger partial charge < -0.3 is 0 Å². The molecule has 0 fully saturated rings.